The third-order valence-corrected chi connectivity index (χ3v) is 2.78. The van der Waals surface area contributed by atoms with E-state index >= 15 is 0 Å². The smallest absolute Gasteiger partial charge is 0.353 e. The highest BCUT2D eigenvalue weighted by atomic mass is 16.7. The van der Waals surface area contributed by atoms with Gasteiger partial charge < -0.3 is 14.2 Å². The Labute approximate surface area is 94.9 Å². The van der Waals surface area contributed by atoms with Gasteiger partial charge in [-0.2, -0.15) is 0 Å². The molecule has 2 unspecified atom stereocenters. The number of rotatable bonds is 2. The van der Waals surface area contributed by atoms with E-state index in [1.54, 1.807) is 19.4 Å². The molecule has 0 saturated carbocycles. The van der Waals surface area contributed by atoms with Crippen molar-refractivity contribution in [2.24, 2.45) is 0 Å². The molecule has 0 fully saturated rings. The lowest BCUT2D eigenvalue weighted by atomic mass is 9.98. The molecule has 2 atom stereocenters. The maximum atomic E-state index is 11.9. The lowest BCUT2D eigenvalue weighted by molar-refractivity contribution is -0.192. The Morgan fingerprint density at radius 2 is 2.19 bits per heavy atom. The van der Waals surface area contributed by atoms with Crippen molar-refractivity contribution in [2.75, 3.05) is 0 Å². The summed E-state index contributed by atoms with van der Waals surface area (Å²) in [6.07, 6.45) is 9.52. The van der Waals surface area contributed by atoms with Gasteiger partial charge in [0.2, 0.25) is 11.9 Å². The highest BCUT2D eigenvalue weighted by molar-refractivity contribution is 5.79. The zero-order chi connectivity index (χ0) is 11.4. The second-order valence-corrected chi connectivity index (χ2v) is 4.18. The first-order chi connectivity index (χ1) is 7.71. The van der Waals surface area contributed by atoms with Gasteiger partial charge in [0, 0.05) is 12.8 Å². The Morgan fingerprint density at radius 1 is 1.38 bits per heavy atom. The fourth-order valence-corrected chi connectivity index (χ4v) is 1.68. The van der Waals surface area contributed by atoms with Crippen LogP contribution in [0.2, 0.25) is 0 Å². The van der Waals surface area contributed by atoms with E-state index in [1.165, 1.54) is 0 Å². The van der Waals surface area contributed by atoms with Crippen LogP contribution in [-0.4, -0.2) is 17.9 Å². The predicted molar refractivity (Wildman–Crippen MR) is 57.2 cm³/mol. The normalized spacial score (nSPS) is 32.7. The largest absolute Gasteiger partial charge is 0.484 e. The minimum absolute atomic E-state index is 0.350. The molecule has 4 heteroatoms. The first-order valence-corrected chi connectivity index (χ1v) is 5.55. The van der Waals surface area contributed by atoms with Gasteiger partial charge >= 0.3 is 5.97 Å². The average Bonchev–Trinajstić information content (AvgIpc) is 2.31. The SMILES string of the molecule is CC1(C(=O)OC2CCC=CO2)CCC=CO1. The number of carbonyl (C=O) groups excluding carboxylic acids is 1. The molecule has 0 N–H and O–H groups in total. The fourth-order valence-electron chi connectivity index (χ4n) is 1.68. The molecule has 0 aliphatic carbocycles. The second kappa shape index (κ2) is 4.60. The van der Waals surface area contributed by atoms with E-state index in [9.17, 15) is 4.79 Å². The Hall–Kier alpha value is -1.45. The van der Waals surface area contributed by atoms with Crippen molar-refractivity contribution in [1.82, 2.24) is 0 Å². The Morgan fingerprint density at radius 3 is 2.81 bits per heavy atom. The van der Waals surface area contributed by atoms with Crippen LogP contribution in [-0.2, 0) is 19.0 Å². The topological polar surface area (TPSA) is 44.8 Å². The van der Waals surface area contributed by atoms with Gasteiger partial charge in [0.15, 0.2) is 0 Å². The molecule has 0 amide bonds. The quantitative estimate of drug-likeness (QED) is 0.675. The van der Waals surface area contributed by atoms with Crippen LogP contribution in [0.1, 0.15) is 32.6 Å². The van der Waals surface area contributed by atoms with Gasteiger partial charge in [0.25, 0.3) is 0 Å². The van der Waals surface area contributed by atoms with Crippen molar-refractivity contribution in [3.8, 4) is 0 Å². The molecule has 0 aromatic heterocycles. The summed E-state index contributed by atoms with van der Waals surface area (Å²) in [6.45, 7) is 1.75. The Kier molecular flexibility index (Phi) is 3.17. The monoisotopic (exact) mass is 224 g/mol. The van der Waals surface area contributed by atoms with Crippen molar-refractivity contribution in [3.05, 3.63) is 24.7 Å². The van der Waals surface area contributed by atoms with Gasteiger partial charge in [0.05, 0.1) is 12.5 Å². The molecule has 0 radical (unpaired) electrons. The molecular formula is C12H16O4. The second-order valence-electron chi connectivity index (χ2n) is 4.18. The van der Waals surface area contributed by atoms with Crippen molar-refractivity contribution in [2.45, 2.75) is 44.5 Å². The zero-order valence-corrected chi connectivity index (χ0v) is 9.35. The average molecular weight is 224 g/mol. The van der Waals surface area contributed by atoms with Crippen LogP contribution in [0.25, 0.3) is 0 Å². The maximum absolute atomic E-state index is 11.9. The van der Waals surface area contributed by atoms with E-state index in [-0.39, 0.29) is 5.97 Å². The molecule has 2 heterocycles. The molecular weight excluding hydrogens is 208 g/mol. The van der Waals surface area contributed by atoms with E-state index in [4.69, 9.17) is 14.2 Å². The number of esters is 1. The number of carbonyl (C=O) groups is 1. The number of hydrogen-bond acceptors (Lipinski definition) is 4. The van der Waals surface area contributed by atoms with Crippen LogP contribution < -0.4 is 0 Å². The Balaban J connectivity index is 1.91. The summed E-state index contributed by atoms with van der Waals surface area (Å²) < 4.78 is 15.8. The summed E-state index contributed by atoms with van der Waals surface area (Å²) in [5.74, 6) is -0.350. The van der Waals surface area contributed by atoms with E-state index in [0.29, 0.717) is 12.8 Å². The Bertz CT molecular complexity index is 321. The summed E-state index contributed by atoms with van der Waals surface area (Å²) in [4.78, 5) is 11.9. The van der Waals surface area contributed by atoms with Gasteiger partial charge in [-0.15, -0.1) is 0 Å². The van der Waals surface area contributed by atoms with Crippen molar-refractivity contribution in [1.29, 1.82) is 0 Å². The molecule has 4 nitrogen and oxygen atoms in total. The van der Waals surface area contributed by atoms with Crippen molar-refractivity contribution < 1.29 is 19.0 Å². The molecule has 0 aromatic carbocycles. The summed E-state index contributed by atoms with van der Waals surface area (Å²) >= 11 is 0. The van der Waals surface area contributed by atoms with Crippen LogP contribution in [0.5, 0.6) is 0 Å². The van der Waals surface area contributed by atoms with E-state index in [2.05, 4.69) is 0 Å². The van der Waals surface area contributed by atoms with Gasteiger partial charge in [-0.25, -0.2) is 4.79 Å². The van der Waals surface area contributed by atoms with Crippen LogP contribution >= 0.6 is 0 Å². The fraction of sp³-hybridized carbons (Fsp3) is 0.583. The van der Waals surface area contributed by atoms with Gasteiger partial charge in [-0.3, -0.25) is 0 Å². The number of hydrogen-bond donors (Lipinski definition) is 0. The summed E-state index contributed by atoms with van der Waals surface area (Å²) in [6, 6.07) is 0. The lowest BCUT2D eigenvalue weighted by Gasteiger charge is -2.31. The van der Waals surface area contributed by atoms with Crippen LogP contribution in [0.4, 0.5) is 0 Å². The zero-order valence-electron chi connectivity index (χ0n) is 9.35. The third kappa shape index (κ3) is 2.38. The first kappa shape index (κ1) is 11.0. The van der Waals surface area contributed by atoms with Crippen LogP contribution in [0.15, 0.2) is 24.7 Å². The minimum atomic E-state index is -0.862. The van der Waals surface area contributed by atoms with Gasteiger partial charge in [0.1, 0.15) is 0 Å². The summed E-state index contributed by atoms with van der Waals surface area (Å²) in [5.41, 5.74) is -0.862. The standard InChI is InChI=1S/C12H16O4/c1-12(7-3-5-9-15-12)11(13)16-10-6-2-4-8-14-10/h4-5,8-10H,2-3,6-7H2,1H3. The highest BCUT2D eigenvalue weighted by Gasteiger charge is 2.38. The van der Waals surface area contributed by atoms with E-state index < -0.39 is 11.9 Å². The van der Waals surface area contributed by atoms with Crippen molar-refractivity contribution >= 4 is 5.97 Å². The minimum Gasteiger partial charge on any atom is -0.484 e. The van der Waals surface area contributed by atoms with E-state index in [1.807, 2.05) is 12.2 Å². The molecule has 16 heavy (non-hydrogen) atoms. The van der Waals surface area contributed by atoms with Crippen LogP contribution in [0.3, 0.4) is 0 Å². The van der Waals surface area contributed by atoms with E-state index in [0.717, 1.165) is 12.8 Å². The highest BCUT2D eigenvalue weighted by Crippen LogP contribution is 2.26. The molecule has 0 aromatic rings. The number of allylic oxidation sites excluding steroid dienone is 2. The molecule has 2 aliphatic heterocycles. The molecule has 2 aliphatic rings. The molecule has 0 spiro atoms. The predicted octanol–water partition coefficient (Wildman–Crippen LogP) is 2.26. The lowest BCUT2D eigenvalue weighted by Crippen LogP contribution is -2.42. The maximum Gasteiger partial charge on any atom is 0.353 e. The third-order valence-electron chi connectivity index (χ3n) is 2.78. The van der Waals surface area contributed by atoms with Gasteiger partial charge in [-0.1, -0.05) is 0 Å². The van der Waals surface area contributed by atoms with Crippen LogP contribution in [0, 0.1) is 0 Å². The summed E-state index contributed by atoms with van der Waals surface area (Å²) in [7, 11) is 0. The van der Waals surface area contributed by atoms with Gasteiger partial charge in [-0.05, 0) is 31.9 Å². The molecule has 2 rings (SSSR count). The molecule has 0 bridgehead atoms. The summed E-state index contributed by atoms with van der Waals surface area (Å²) in [5, 5.41) is 0. The number of ether oxygens (including phenoxy) is 3. The molecule has 0 saturated heterocycles. The molecule has 88 valence electrons. The first-order valence-electron chi connectivity index (χ1n) is 5.55. The van der Waals surface area contributed by atoms with Crippen molar-refractivity contribution in [3.63, 3.8) is 0 Å².